The highest BCUT2D eigenvalue weighted by molar-refractivity contribution is 9.10. The lowest BCUT2D eigenvalue weighted by molar-refractivity contribution is 0.279. The van der Waals surface area contributed by atoms with Gasteiger partial charge in [-0.15, -0.1) is 0 Å². The van der Waals surface area contributed by atoms with Crippen molar-refractivity contribution in [3.8, 4) is 11.5 Å². The lowest BCUT2D eigenvalue weighted by atomic mass is 10.1. The van der Waals surface area contributed by atoms with Gasteiger partial charge in [0, 0.05) is 22.6 Å². The Morgan fingerprint density at radius 3 is 2.37 bits per heavy atom. The van der Waals surface area contributed by atoms with Gasteiger partial charge in [-0.3, -0.25) is 0 Å². The van der Waals surface area contributed by atoms with E-state index in [1.54, 1.807) is 7.11 Å². The van der Waals surface area contributed by atoms with Gasteiger partial charge in [0.15, 0.2) is 11.5 Å². The molecule has 1 aliphatic rings. The highest BCUT2D eigenvalue weighted by Crippen LogP contribution is 2.37. The van der Waals surface area contributed by atoms with Gasteiger partial charge in [-0.05, 0) is 37.5 Å². The summed E-state index contributed by atoms with van der Waals surface area (Å²) in [6, 6.07) is 13.1. The first-order valence-corrected chi connectivity index (χ1v) is 10.7. The van der Waals surface area contributed by atoms with E-state index in [9.17, 15) is 0 Å². The van der Waals surface area contributed by atoms with Gasteiger partial charge in [-0.1, -0.05) is 71.4 Å². The number of rotatable bonds is 7. The average molecular weight is 432 g/mol. The van der Waals surface area contributed by atoms with Gasteiger partial charge in [0.2, 0.25) is 0 Å². The quantitative estimate of drug-likeness (QED) is 0.532. The van der Waals surface area contributed by atoms with Crippen LogP contribution in [0.2, 0.25) is 0 Å². The zero-order valence-electron chi connectivity index (χ0n) is 16.4. The molecule has 3 nitrogen and oxygen atoms in total. The molecule has 0 unspecified atom stereocenters. The fraction of sp³-hybridized carbons (Fsp3) is 0.478. The Morgan fingerprint density at radius 1 is 1.00 bits per heavy atom. The van der Waals surface area contributed by atoms with Crippen LogP contribution in [0, 0.1) is 6.92 Å². The van der Waals surface area contributed by atoms with Crippen LogP contribution in [0.25, 0.3) is 0 Å². The van der Waals surface area contributed by atoms with Crippen LogP contribution in [0.5, 0.6) is 11.5 Å². The molecule has 4 heteroatoms. The smallest absolute Gasteiger partial charge is 0.167 e. The van der Waals surface area contributed by atoms with E-state index in [4.69, 9.17) is 9.47 Å². The minimum Gasteiger partial charge on any atom is -0.493 e. The molecule has 27 heavy (non-hydrogen) atoms. The summed E-state index contributed by atoms with van der Waals surface area (Å²) in [6.07, 6.45) is 7.92. The summed E-state index contributed by atoms with van der Waals surface area (Å²) in [5.74, 6) is 1.61. The predicted octanol–water partition coefficient (Wildman–Crippen LogP) is 6.16. The monoisotopic (exact) mass is 431 g/mol. The van der Waals surface area contributed by atoms with E-state index in [1.807, 2.05) is 12.1 Å². The summed E-state index contributed by atoms with van der Waals surface area (Å²) in [7, 11) is 1.70. The first-order valence-electron chi connectivity index (χ1n) is 9.94. The molecule has 0 saturated heterocycles. The topological polar surface area (TPSA) is 30.5 Å². The molecule has 146 valence electrons. The molecular formula is C23H30BrNO2. The Balaban J connectivity index is 1.74. The molecule has 1 fully saturated rings. The van der Waals surface area contributed by atoms with Crippen molar-refractivity contribution in [2.75, 3.05) is 7.11 Å². The van der Waals surface area contributed by atoms with Crippen LogP contribution in [-0.2, 0) is 13.2 Å². The van der Waals surface area contributed by atoms with Gasteiger partial charge in [-0.2, -0.15) is 0 Å². The maximum Gasteiger partial charge on any atom is 0.167 e. The van der Waals surface area contributed by atoms with Crippen molar-refractivity contribution in [1.29, 1.82) is 0 Å². The van der Waals surface area contributed by atoms with E-state index >= 15 is 0 Å². The first-order chi connectivity index (χ1) is 13.2. The van der Waals surface area contributed by atoms with Gasteiger partial charge in [0.05, 0.1) is 7.11 Å². The molecule has 0 bridgehead atoms. The molecule has 0 radical (unpaired) electrons. The first kappa shape index (κ1) is 20.2. The Hall–Kier alpha value is -1.52. The van der Waals surface area contributed by atoms with Crippen molar-refractivity contribution in [3.63, 3.8) is 0 Å². The SMILES string of the molecule is COc1ccc(Br)c(CNC2CCCCCC2)c1OCc1ccc(C)cc1. The number of benzene rings is 2. The Morgan fingerprint density at radius 2 is 1.70 bits per heavy atom. The lowest BCUT2D eigenvalue weighted by Gasteiger charge is -2.20. The molecular weight excluding hydrogens is 402 g/mol. The highest BCUT2D eigenvalue weighted by Gasteiger charge is 2.17. The standard InChI is InChI=1S/C23H30BrNO2/c1-17-9-11-18(12-10-17)16-27-23-20(21(24)13-14-22(23)26-2)15-25-19-7-5-3-4-6-8-19/h9-14,19,25H,3-8,15-16H2,1-2H3. The van der Waals surface area contributed by atoms with Crippen LogP contribution in [0.15, 0.2) is 40.9 Å². The number of hydrogen-bond acceptors (Lipinski definition) is 3. The number of aryl methyl sites for hydroxylation is 1. The van der Waals surface area contributed by atoms with Crippen LogP contribution in [-0.4, -0.2) is 13.2 Å². The number of methoxy groups -OCH3 is 1. The summed E-state index contributed by atoms with van der Waals surface area (Å²) in [6.45, 7) is 3.41. The summed E-state index contributed by atoms with van der Waals surface area (Å²) < 4.78 is 12.9. The van der Waals surface area contributed by atoms with Crippen LogP contribution >= 0.6 is 15.9 Å². The number of nitrogens with one attached hydrogen (secondary N) is 1. The van der Waals surface area contributed by atoms with Crippen molar-refractivity contribution in [2.45, 2.75) is 64.6 Å². The second-order valence-electron chi connectivity index (χ2n) is 7.40. The summed E-state index contributed by atoms with van der Waals surface area (Å²) in [5.41, 5.74) is 3.54. The normalized spacial score (nSPS) is 15.4. The molecule has 2 aromatic rings. The van der Waals surface area contributed by atoms with E-state index < -0.39 is 0 Å². The van der Waals surface area contributed by atoms with Crippen molar-refractivity contribution in [3.05, 3.63) is 57.6 Å². The van der Waals surface area contributed by atoms with Crippen LogP contribution in [0.1, 0.15) is 55.2 Å². The second-order valence-corrected chi connectivity index (χ2v) is 8.26. The zero-order chi connectivity index (χ0) is 19.1. The predicted molar refractivity (Wildman–Crippen MR) is 115 cm³/mol. The maximum absolute atomic E-state index is 6.24. The van der Waals surface area contributed by atoms with E-state index in [2.05, 4.69) is 52.4 Å². The van der Waals surface area contributed by atoms with Crippen molar-refractivity contribution in [1.82, 2.24) is 5.32 Å². The summed E-state index contributed by atoms with van der Waals surface area (Å²) in [4.78, 5) is 0. The molecule has 1 N–H and O–H groups in total. The van der Waals surface area contributed by atoms with Crippen LogP contribution < -0.4 is 14.8 Å². The van der Waals surface area contributed by atoms with Crippen LogP contribution in [0.3, 0.4) is 0 Å². The van der Waals surface area contributed by atoms with Gasteiger partial charge >= 0.3 is 0 Å². The molecule has 3 rings (SSSR count). The third-order valence-corrected chi connectivity index (χ3v) is 6.06. The largest absolute Gasteiger partial charge is 0.493 e. The number of hydrogen-bond donors (Lipinski definition) is 1. The third kappa shape index (κ3) is 5.73. The molecule has 0 aromatic heterocycles. The van der Waals surface area contributed by atoms with Crippen molar-refractivity contribution >= 4 is 15.9 Å². The third-order valence-electron chi connectivity index (χ3n) is 5.31. The average Bonchev–Trinajstić information content (AvgIpc) is 2.95. The summed E-state index contributed by atoms with van der Waals surface area (Å²) in [5, 5.41) is 3.75. The molecule has 1 aliphatic carbocycles. The molecule has 0 amide bonds. The lowest BCUT2D eigenvalue weighted by Crippen LogP contribution is -2.28. The van der Waals surface area contributed by atoms with E-state index in [1.165, 1.54) is 44.1 Å². The van der Waals surface area contributed by atoms with E-state index in [-0.39, 0.29) is 0 Å². The minimum absolute atomic E-state index is 0.531. The molecule has 0 atom stereocenters. The number of ether oxygens (including phenoxy) is 2. The van der Waals surface area contributed by atoms with Gasteiger partial charge < -0.3 is 14.8 Å². The minimum atomic E-state index is 0.531. The van der Waals surface area contributed by atoms with Gasteiger partial charge in [-0.25, -0.2) is 0 Å². The fourth-order valence-corrected chi connectivity index (χ4v) is 4.09. The summed E-state index contributed by atoms with van der Waals surface area (Å²) >= 11 is 3.71. The number of halogens is 1. The van der Waals surface area contributed by atoms with Crippen LogP contribution in [0.4, 0.5) is 0 Å². The molecule has 0 aliphatic heterocycles. The van der Waals surface area contributed by atoms with E-state index in [0.717, 1.165) is 33.6 Å². The highest BCUT2D eigenvalue weighted by atomic mass is 79.9. The van der Waals surface area contributed by atoms with Gasteiger partial charge in [0.25, 0.3) is 0 Å². The van der Waals surface area contributed by atoms with Crippen molar-refractivity contribution < 1.29 is 9.47 Å². The molecule has 0 heterocycles. The Labute approximate surface area is 171 Å². The van der Waals surface area contributed by atoms with Crippen molar-refractivity contribution in [2.24, 2.45) is 0 Å². The Bertz CT molecular complexity index is 722. The van der Waals surface area contributed by atoms with E-state index in [0.29, 0.717) is 12.6 Å². The molecule has 2 aromatic carbocycles. The second kappa shape index (κ2) is 10.1. The molecule has 0 spiro atoms. The Kier molecular flexibility index (Phi) is 7.59. The zero-order valence-corrected chi connectivity index (χ0v) is 18.0. The maximum atomic E-state index is 6.24. The molecule has 1 saturated carbocycles. The fourth-order valence-electron chi connectivity index (χ4n) is 3.64. The van der Waals surface area contributed by atoms with Gasteiger partial charge in [0.1, 0.15) is 6.61 Å².